The molecule has 66 heavy (non-hydrogen) atoms. The molecule has 9 aromatic carbocycles. The molecule has 0 bridgehead atoms. The lowest BCUT2D eigenvalue weighted by atomic mass is 9.69. The van der Waals surface area contributed by atoms with E-state index in [4.69, 9.17) is 0 Å². The summed E-state index contributed by atoms with van der Waals surface area (Å²) in [5.74, 6) is 0. The molecule has 0 fully saturated rings. The van der Waals surface area contributed by atoms with Crippen molar-refractivity contribution in [3.63, 3.8) is 0 Å². The molecule has 0 saturated heterocycles. The van der Waals surface area contributed by atoms with Crippen molar-refractivity contribution in [1.82, 2.24) is 4.57 Å². The summed E-state index contributed by atoms with van der Waals surface area (Å²) in [5.41, 5.74) is 24.3. The van der Waals surface area contributed by atoms with E-state index in [0.717, 1.165) is 6.42 Å². The molecule has 1 atom stereocenters. The van der Waals surface area contributed by atoms with Crippen molar-refractivity contribution in [2.24, 2.45) is 0 Å². The number of rotatable bonds is 5. The fourth-order valence-corrected chi connectivity index (χ4v) is 12.9. The van der Waals surface area contributed by atoms with Crippen LogP contribution in [0.5, 0.6) is 0 Å². The Morgan fingerprint density at radius 3 is 1.76 bits per heavy atom. The third-order valence-electron chi connectivity index (χ3n) is 15.5. The number of hydrogen-bond donors (Lipinski definition) is 0. The average molecular weight is 843 g/mol. The quantitative estimate of drug-likeness (QED) is 0.168. The molecule has 1 aromatic heterocycles. The second kappa shape index (κ2) is 13.8. The minimum atomic E-state index is -0.467. The van der Waals surface area contributed by atoms with Gasteiger partial charge in [-0.3, -0.25) is 0 Å². The number of hydrogen-bond acceptors (Lipinski definition) is 1. The molecule has 0 amide bonds. The Morgan fingerprint density at radius 2 is 1.08 bits per heavy atom. The first-order valence-electron chi connectivity index (χ1n) is 23.5. The zero-order valence-electron chi connectivity index (χ0n) is 37.0. The van der Waals surface area contributed by atoms with Gasteiger partial charge in [-0.05, 0) is 139 Å². The fraction of sp³-hybridized carbons (Fsp3) is 0.0938. The highest BCUT2D eigenvalue weighted by Crippen LogP contribution is 2.67. The molecule has 2 heteroatoms. The van der Waals surface area contributed by atoms with Gasteiger partial charge in [0, 0.05) is 33.2 Å². The van der Waals surface area contributed by atoms with Gasteiger partial charge >= 0.3 is 0 Å². The minimum absolute atomic E-state index is 0.191. The molecule has 0 aliphatic heterocycles. The molecule has 312 valence electrons. The van der Waals surface area contributed by atoms with Gasteiger partial charge in [-0.2, -0.15) is 0 Å². The van der Waals surface area contributed by atoms with Gasteiger partial charge in [-0.1, -0.05) is 184 Å². The van der Waals surface area contributed by atoms with Crippen LogP contribution in [0.15, 0.2) is 224 Å². The van der Waals surface area contributed by atoms with Crippen molar-refractivity contribution in [3.05, 3.63) is 263 Å². The van der Waals surface area contributed by atoms with E-state index in [1.807, 2.05) is 0 Å². The van der Waals surface area contributed by atoms with Crippen molar-refractivity contribution in [3.8, 4) is 39.1 Å². The van der Waals surface area contributed by atoms with E-state index in [0.29, 0.717) is 0 Å². The van der Waals surface area contributed by atoms with Crippen LogP contribution < -0.4 is 4.90 Å². The third kappa shape index (κ3) is 4.91. The summed E-state index contributed by atoms with van der Waals surface area (Å²) in [5, 5.41) is 2.66. The third-order valence-corrected chi connectivity index (χ3v) is 15.5. The lowest BCUT2D eigenvalue weighted by Crippen LogP contribution is -2.30. The van der Waals surface area contributed by atoms with Crippen molar-refractivity contribution in [2.45, 2.75) is 37.1 Å². The maximum atomic E-state index is 2.56. The summed E-state index contributed by atoms with van der Waals surface area (Å²) < 4.78 is 2.46. The lowest BCUT2D eigenvalue weighted by molar-refractivity contribution is 0.667. The van der Waals surface area contributed by atoms with Crippen molar-refractivity contribution >= 4 is 38.8 Å². The normalized spacial score (nSPS) is 16.4. The number of para-hydroxylation sites is 4. The van der Waals surface area contributed by atoms with E-state index < -0.39 is 5.41 Å². The maximum Gasteiger partial charge on any atom is 0.0725 e. The Balaban J connectivity index is 0.972. The van der Waals surface area contributed by atoms with Crippen LogP contribution in [0.2, 0.25) is 0 Å². The van der Waals surface area contributed by atoms with Crippen molar-refractivity contribution in [1.29, 1.82) is 0 Å². The van der Waals surface area contributed by atoms with E-state index in [9.17, 15) is 0 Å². The summed E-state index contributed by atoms with van der Waals surface area (Å²) >= 11 is 0. The Bertz CT molecular complexity index is 3610. The van der Waals surface area contributed by atoms with Crippen LogP contribution in [0.25, 0.3) is 66.4 Å². The summed E-state index contributed by atoms with van der Waals surface area (Å²) in [6.07, 6.45) is 8.15. The molecule has 14 rings (SSSR count). The van der Waals surface area contributed by atoms with Crippen LogP contribution in [0.4, 0.5) is 11.4 Å². The Kier molecular flexibility index (Phi) is 7.82. The van der Waals surface area contributed by atoms with Crippen LogP contribution in [-0.2, 0) is 10.8 Å². The van der Waals surface area contributed by atoms with Crippen LogP contribution in [-0.4, -0.2) is 10.6 Å². The number of fused-ring (bicyclic) bond motifs is 18. The smallest absolute Gasteiger partial charge is 0.0725 e. The van der Waals surface area contributed by atoms with Crippen LogP contribution >= 0.6 is 0 Å². The molecule has 1 heterocycles. The van der Waals surface area contributed by atoms with E-state index in [-0.39, 0.29) is 11.5 Å². The van der Waals surface area contributed by atoms with Gasteiger partial charge in [0.25, 0.3) is 0 Å². The zero-order valence-corrected chi connectivity index (χ0v) is 37.0. The average Bonchev–Trinajstić information content (AvgIpc) is 4.05. The maximum absolute atomic E-state index is 2.56. The molecule has 4 aliphatic rings. The highest BCUT2D eigenvalue weighted by atomic mass is 15.2. The first kappa shape index (κ1) is 37.4. The molecule has 2 nitrogen and oxygen atoms in total. The van der Waals surface area contributed by atoms with Gasteiger partial charge in [-0.15, -0.1) is 0 Å². The summed E-state index contributed by atoms with van der Waals surface area (Å²) in [6.45, 7) is 4.98. The Labute approximate surface area is 386 Å². The molecule has 0 N–H and O–H groups in total. The second-order valence-electron chi connectivity index (χ2n) is 19.1. The molecule has 1 spiro atoms. The molecule has 0 radical (unpaired) electrons. The molecule has 0 saturated carbocycles. The second-order valence-corrected chi connectivity index (χ2v) is 19.1. The topological polar surface area (TPSA) is 8.17 Å². The minimum Gasteiger partial charge on any atom is -0.334 e. The SMILES string of the molecule is CC1(C)c2c(ccc3c2-c2ccc(C4=CCC(N(c5ccccc5)c5ccccc5)C=C4)cc2C32c3ccccc3-c3ccccc32)-c2ccc3c(c21)c1ccccc1n3-c1ccccc1. The molecule has 10 aromatic rings. The Morgan fingerprint density at radius 1 is 0.485 bits per heavy atom. The summed E-state index contributed by atoms with van der Waals surface area (Å²) in [4.78, 5) is 2.47. The van der Waals surface area contributed by atoms with Crippen molar-refractivity contribution in [2.75, 3.05) is 4.90 Å². The van der Waals surface area contributed by atoms with E-state index in [1.54, 1.807) is 0 Å². The van der Waals surface area contributed by atoms with E-state index >= 15 is 0 Å². The first-order chi connectivity index (χ1) is 32.5. The largest absolute Gasteiger partial charge is 0.334 e. The molecule has 4 aliphatic carbocycles. The number of nitrogens with zero attached hydrogens (tertiary/aromatic N) is 2. The van der Waals surface area contributed by atoms with Crippen LogP contribution in [0.3, 0.4) is 0 Å². The van der Waals surface area contributed by atoms with Crippen molar-refractivity contribution < 1.29 is 0 Å². The van der Waals surface area contributed by atoms with Crippen LogP contribution in [0, 0.1) is 0 Å². The number of anilines is 2. The first-order valence-corrected chi connectivity index (χ1v) is 23.5. The van der Waals surface area contributed by atoms with E-state index in [1.165, 1.54) is 117 Å². The lowest BCUT2D eigenvalue weighted by Gasteiger charge is -2.33. The van der Waals surface area contributed by atoms with Gasteiger partial charge < -0.3 is 9.47 Å². The zero-order chi connectivity index (χ0) is 43.7. The van der Waals surface area contributed by atoms with Gasteiger partial charge in [0.15, 0.2) is 0 Å². The summed E-state index contributed by atoms with van der Waals surface area (Å²) in [7, 11) is 0. The van der Waals surface area contributed by atoms with E-state index in [2.05, 4.69) is 248 Å². The standard InChI is InChI=1S/C64H46N2/c1-63(2)61-49(50-37-39-58-60(62(50)63)52-26-14-17-29-57(52)66(58)45-22-10-5-11-23-45)36-38-55-59(61)51-35-32-42(40-56(51)64(55)53-27-15-12-24-47(53)48-25-13-16-28-54(48)64)41-30-33-46(34-31-41)65(43-18-6-3-7-19-43)44-20-8-4-9-21-44/h3-33,35-40,46H,34H2,1-2H3. The number of aromatic nitrogens is 1. The van der Waals surface area contributed by atoms with Gasteiger partial charge in [0.1, 0.15) is 0 Å². The fourth-order valence-electron chi connectivity index (χ4n) is 12.9. The highest BCUT2D eigenvalue weighted by Gasteiger charge is 2.54. The highest BCUT2D eigenvalue weighted by molar-refractivity contribution is 6.15. The van der Waals surface area contributed by atoms with Gasteiger partial charge in [0.2, 0.25) is 0 Å². The van der Waals surface area contributed by atoms with Gasteiger partial charge in [-0.25, -0.2) is 0 Å². The predicted octanol–water partition coefficient (Wildman–Crippen LogP) is 16.0. The molecular formula is C64H46N2. The van der Waals surface area contributed by atoms with Crippen LogP contribution in [0.1, 0.15) is 59.2 Å². The summed E-state index contributed by atoms with van der Waals surface area (Å²) in [6, 6.07) is 77.3. The van der Waals surface area contributed by atoms with Gasteiger partial charge in [0.05, 0.1) is 22.5 Å². The number of benzene rings is 9. The Hall–Kier alpha value is -7.94. The predicted molar refractivity (Wildman–Crippen MR) is 275 cm³/mol. The monoisotopic (exact) mass is 842 g/mol. The molecule has 1 unspecified atom stereocenters. The molecular weight excluding hydrogens is 797 g/mol. The number of allylic oxidation sites excluding steroid dienone is 2.